The van der Waals surface area contributed by atoms with Crippen LogP contribution in [0.2, 0.25) is 0 Å². The molecule has 0 aromatic heterocycles. The van der Waals surface area contributed by atoms with Crippen LogP contribution in [0.3, 0.4) is 0 Å². The SMILES string of the molecule is CC(NC(=O)CC1CC(c2ccccc2)C1)C(C)C(=O)O. The Hall–Kier alpha value is -1.84. The van der Waals surface area contributed by atoms with Gasteiger partial charge in [0.2, 0.25) is 5.91 Å². The molecule has 2 N–H and O–H groups in total. The van der Waals surface area contributed by atoms with Crippen molar-refractivity contribution in [2.24, 2.45) is 11.8 Å². The highest BCUT2D eigenvalue weighted by atomic mass is 16.4. The van der Waals surface area contributed by atoms with Crippen LogP contribution in [0.25, 0.3) is 0 Å². The maximum Gasteiger partial charge on any atom is 0.308 e. The Bertz CT molecular complexity index is 494. The Balaban J connectivity index is 1.72. The first-order valence-corrected chi connectivity index (χ1v) is 7.54. The molecule has 0 heterocycles. The topological polar surface area (TPSA) is 66.4 Å². The summed E-state index contributed by atoms with van der Waals surface area (Å²) in [6.45, 7) is 3.35. The molecule has 1 aromatic carbocycles. The third kappa shape index (κ3) is 4.06. The van der Waals surface area contributed by atoms with Gasteiger partial charge in [-0.25, -0.2) is 0 Å². The number of carboxylic acids is 1. The zero-order chi connectivity index (χ0) is 15.4. The third-order valence-corrected chi connectivity index (χ3v) is 4.51. The Morgan fingerprint density at radius 2 is 1.86 bits per heavy atom. The summed E-state index contributed by atoms with van der Waals surface area (Å²) >= 11 is 0. The van der Waals surface area contributed by atoms with E-state index in [9.17, 15) is 9.59 Å². The molecule has 1 aliphatic carbocycles. The molecule has 2 rings (SSSR count). The lowest BCUT2D eigenvalue weighted by Crippen LogP contribution is -2.41. The van der Waals surface area contributed by atoms with Gasteiger partial charge in [0.15, 0.2) is 0 Å². The molecule has 4 heteroatoms. The van der Waals surface area contributed by atoms with Crippen molar-refractivity contribution < 1.29 is 14.7 Å². The largest absolute Gasteiger partial charge is 0.481 e. The van der Waals surface area contributed by atoms with E-state index in [1.165, 1.54) is 5.56 Å². The van der Waals surface area contributed by atoms with E-state index >= 15 is 0 Å². The Morgan fingerprint density at radius 1 is 1.24 bits per heavy atom. The molecule has 1 fully saturated rings. The van der Waals surface area contributed by atoms with E-state index in [0.717, 1.165) is 12.8 Å². The minimum atomic E-state index is -0.879. The third-order valence-electron chi connectivity index (χ3n) is 4.51. The van der Waals surface area contributed by atoms with Crippen LogP contribution in [0, 0.1) is 11.8 Å². The summed E-state index contributed by atoms with van der Waals surface area (Å²) in [6.07, 6.45) is 2.58. The molecule has 0 radical (unpaired) electrons. The highest BCUT2D eigenvalue weighted by Gasteiger charge is 2.32. The van der Waals surface area contributed by atoms with Crippen LogP contribution in [0.15, 0.2) is 30.3 Å². The van der Waals surface area contributed by atoms with Gasteiger partial charge in [0.05, 0.1) is 5.92 Å². The molecule has 21 heavy (non-hydrogen) atoms. The number of carbonyl (C=O) groups is 2. The summed E-state index contributed by atoms with van der Waals surface area (Å²) in [4.78, 5) is 22.8. The molecule has 0 bridgehead atoms. The molecule has 1 aromatic rings. The summed E-state index contributed by atoms with van der Waals surface area (Å²) < 4.78 is 0. The summed E-state index contributed by atoms with van der Waals surface area (Å²) in [5.41, 5.74) is 1.35. The number of hydrogen-bond acceptors (Lipinski definition) is 2. The molecular weight excluding hydrogens is 266 g/mol. The zero-order valence-electron chi connectivity index (χ0n) is 12.6. The number of carboxylic acid groups (broad SMARTS) is 1. The van der Waals surface area contributed by atoms with Crippen LogP contribution in [0.4, 0.5) is 0 Å². The number of amides is 1. The number of nitrogens with one attached hydrogen (secondary N) is 1. The minimum absolute atomic E-state index is 0.0351. The maximum absolute atomic E-state index is 11.9. The fourth-order valence-corrected chi connectivity index (χ4v) is 2.81. The highest BCUT2D eigenvalue weighted by Crippen LogP contribution is 2.43. The van der Waals surface area contributed by atoms with Gasteiger partial charge >= 0.3 is 5.97 Å². The summed E-state index contributed by atoms with van der Waals surface area (Å²) in [5.74, 6) is -0.489. The predicted octanol–water partition coefficient (Wildman–Crippen LogP) is 2.80. The zero-order valence-corrected chi connectivity index (χ0v) is 12.6. The van der Waals surface area contributed by atoms with E-state index in [2.05, 4.69) is 17.4 Å². The van der Waals surface area contributed by atoms with E-state index in [-0.39, 0.29) is 11.9 Å². The summed E-state index contributed by atoms with van der Waals surface area (Å²) in [5, 5.41) is 11.7. The molecule has 2 atom stereocenters. The van der Waals surface area contributed by atoms with Crippen molar-refractivity contribution in [1.82, 2.24) is 5.32 Å². The van der Waals surface area contributed by atoms with Crippen LogP contribution in [0.5, 0.6) is 0 Å². The van der Waals surface area contributed by atoms with Crippen LogP contribution < -0.4 is 5.32 Å². The van der Waals surface area contributed by atoms with Crippen molar-refractivity contribution in [1.29, 1.82) is 0 Å². The standard InChI is InChI=1S/C17H23NO3/c1-11(17(20)21)12(2)18-16(19)10-13-8-15(9-13)14-6-4-3-5-7-14/h3-7,11-13,15H,8-10H2,1-2H3,(H,18,19)(H,20,21). The van der Waals surface area contributed by atoms with Gasteiger partial charge in [0.1, 0.15) is 0 Å². The van der Waals surface area contributed by atoms with Crippen molar-refractivity contribution in [3.63, 3.8) is 0 Å². The Labute approximate surface area is 125 Å². The lowest BCUT2D eigenvalue weighted by Gasteiger charge is -2.35. The molecule has 0 aliphatic heterocycles. The first kappa shape index (κ1) is 15.5. The quantitative estimate of drug-likeness (QED) is 0.846. The van der Waals surface area contributed by atoms with Gasteiger partial charge in [-0.2, -0.15) is 0 Å². The second-order valence-electron chi connectivity index (χ2n) is 6.13. The number of rotatable bonds is 6. The maximum atomic E-state index is 11.9. The van der Waals surface area contributed by atoms with E-state index in [4.69, 9.17) is 5.11 Å². The molecule has 114 valence electrons. The first-order valence-electron chi connectivity index (χ1n) is 7.54. The smallest absolute Gasteiger partial charge is 0.308 e. The van der Waals surface area contributed by atoms with E-state index in [1.54, 1.807) is 13.8 Å². The van der Waals surface area contributed by atoms with Gasteiger partial charge in [-0.3, -0.25) is 9.59 Å². The second-order valence-corrected chi connectivity index (χ2v) is 6.13. The van der Waals surface area contributed by atoms with Crippen molar-refractivity contribution >= 4 is 11.9 Å². The number of aliphatic carboxylic acids is 1. The van der Waals surface area contributed by atoms with Gasteiger partial charge in [0.25, 0.3) is 0 Å². The van der Waals surface area contributed by atoms with Crippen molar-refractivity contribution in [3.05, 3.63) is 35.9 Å². The number of carbonyl (C=O) groups excluding carboxylic acids is 1. The van der Waals surface area contributed by atoms with Crippen molar-refractivity contribution in [2.75, 3.05) is 0 Å². The number of hydrogen-bond donors (Lipinski definition) is 2. The van der Waals surface area contributed by atoms with Gasteiger partial charge in [-0.1, -0.05) is 30.3 Å². The molecule has 0 saturated heterocycles. The van der Waals surface area contributed by atoms with Crippen molar-refractivity contribution in [2.45, 2.75) is 45.1 Å². The monoisotopic (exact) mass is 289 g/mol. The van der Waals surface area contributed by atoms with Gasteiger partial charge in [-0.05, 0) is 44.1 Å². The van der Waals surface area contributed by atoms with Gasteiger partial charge < -0.3 is 10.4 Å². The molecular formula is C17H23NO3. The van der Waals surface area contributed by atoms with Gasteiger partial charge in [-0.15, -0.1) is 0 Å². The fourth-order valence-electron chi connectivity index (χ4n) is 2.81. The van der Waals surface area contributed by atoms with Crippen LogP contribution >= 0.6 is 0 Å². The predicted molar refractivity (Wildman–Crippen MR) is 80.9 cm³/mol. The summed E-state index contributed by atoms with van der Waals surface area (Å²) in [7, 11) is 0. The molecule has 0 spiro atoms. The van der Waals surface area contributed by atoms with E-state index in [0.29, 0.717) is 18.3 Å². The normalized spacial score (nSPS) is 23.7. The second kappa shape index (κ2) is 6.74. The molecule has 1 aliphatic rings. The fraction of sp³-hybridized carbons (Fsp3) is 0.529. The van der Waals surface area contributed by atoms with E-state index in [1.807, 2.05) is 18.2 Å². The van der Waals surface area contributed by atoms with Crippen LogP contribution in [0.1, 0.15) is 44.6 Å². The Kier molecular flexibility index (Phi) is 4.99. The average Bonchev–Trinajstić information content (AvgIpc) is 2.42. The first-order chi connectivity index (χ1) is 9.97. The molecule has 1 amide bonds. The highest BCUT2D eigenvalue weighted by molar-refractivity contribution is 5.78. The Morgan fingerprint density at radius 3 is 2.43 bits per heavy atom. The lowest BCUT2D eigenvalue weighted by atomic mass is 9.70. The van der Waals surface area contributed by atoms with Crippen molar-refractivity contribution in [3.8, 4) is 0 Å². The summed E-state index contributed by atoms with van der Waals surface area (Å²) in [6, 6.07) is 10.0. The van der Waals surface area contributed by atoms with Gasteiger partial charge in [0, 0.05) is 12.5 Å². The molecule has 2 unspecified atom stereocenters. The minimum Gasteiger partial charge on any atom is -0.481 e. The van der Waals surface area contributed by atoms with Crippen LogP contribution in [-0.4, -0.2) is 23.0 Å². The lowest BCUT2D eigenvalue weighted by molar-refractivity contribution is -0.142. The molecule has 1 saturated carbocycles. The number of benzene rings is 1. The van der Waals surface area contributed by atoms with Crippen LogP contribution in [-0.2, 0) is 9.59 Å². The average molecular weight is 289 g/mol. The van der Waals surface area contributed by atoms with E-state index < -0.39 is 11.9 Å². The molecule has 4 nitrogen and oxygen atoms in total.